The largest absolute Gasteiger partial charge is 0.313 e. The molecule has 0 bridgehead atoms. The van der Waals surface area contributed by atoms with Gasteiger partial charge in [-0.25, -0.2) is 4.98 Å². The third-order valence-electron chi connectivity index (χ3n) is 2.40. The van der Waals surface area contributed by atoms with Crippen LogP contribution in [0.5, 0.6) is 0 Å². The number of nitrogens with one attached hydrogen (secondary N) is 1. The second-order valence-corrected chi connectivity index (χ2v) is 3.54. The maximum atomic E-state index is 11.7. The number of aromatic nitrogens is 3. The molecule has 2 aromatic rings. The van der Waals surface area contributed by atoms with E-state index in [4.69, 9.17) is 0 Å². The zero-order chi connectivity index (χ0) is 11.4. The fourth-order valence-electron chi connectivity index (χ4n) is 1.67. The summed E-state index contributed by atoms with van der Waals surface area (Å²) in [6, 6.07) is 3.72. The lowest BCUT2D eigenvalue weighted by Crippen LogP contribution is -2.14. The molecule has 82 valence electrons. The minimum absolute atomic E-state index is 0.0522. The lowest BCUT2D eigenvalue weighted by atomic mass is 10.1. The molecule has 0 amide bonds. The number of hydrogen-bond donors (Lipinski definition) is 1. The molecule has 0 radical (unpaired) electrons. The molecule has 0 unspecified atom stereocenters. The van der Waals surface area contributed by atoms with E-state index in [0.717, 1.165) is 29.7 Å². The standard InChI is InChI=1S/C12H13N3O/c1-2-3-10-11(14-8-15-12(10)16)9-4-6-13-7-5-9/h4-8H,2-3H2,1H3,(H,14,15,16). The first-order valence-corrected chi connectivity index (χ1v) is 5.30. The van der Waals surface area contributed by atoms with E-state index in [-0.39, 0.29) is 5.56 Å². The first-order chi connectivity index (χ1) is 7.83. The summed E-state index contributed by atoms with van der Waals surface area (Å²) >= 11 is 0. The Bertz CT molecular complexity index is 519. The van der Waals surface area contributed by atoms with Crippen molar-refractivity contribution in [3.8, 4) is 11.3 Å². The van der Waals surface area contributed by atoms with Gasteiger partial charge >= 0.3 is 0 Å². The van der Waals surface area contributed by atoms with Crippen LogP contribution >= 0.6 is 0 Å². The second-order valence-electron chi connectivity index (χ2n) is 3.54. The molecule has 0 fully saturated rings. The van der Waals surface area contributed by atoms with E-state index in [2.05, 4.69) is 15.0 Å². The number of aromatic amines is 1. The van der Waals surface area contributed by atoms with Gasteiger partial charge in [0.1, 0.15) is 0 Å². The van der Waals surface area contributed by atoms with E-state index in [9.17, 15) is 4.79 Å². The van der Waals surface area contributed by atoms with Gasteiger partial charge in [0.05, 0.1) is 12.0 Å². The van der Waals surface area contributed by atoms with Crippen molar-refractivity contribution in [2.24, 2.45) is 0 Å². The lowest BCUT2D eigenvalue weighted by Gasteiger charge is -2.05. The molecule has 16 heavy (non-hydrogen) atoms. The van der Waals surface area contributed by atoms with Crippen molar-refractivity contribution in [1.82, 2.24) is 15.0 Å². The summed E-state index contributed by atoms with van der Waals surface area (Å²) < 4.78 is 0. The molecule has 1 N–H and O–H groups in total. The van der Waals surface area contributed by atoms with Crippen molar-refractivity contribution in [3.63, 3.8) is 0 Å². The van der Waals surface area contributed by atoms with Gasteiger partial charge in [0.2, 0.25) is 0 Å². The van der Waals surface area contributed by atoms with Crippen LogP contribution in [-0.2, 0) is 6.42 Å². The average Bonchev–Trinajstić information content (AvgIpc) is 2.33. The van der Waals surface area contributed by atoms with Crippen LogP contribution in [0.2, 0.25) is 0 Å². The molecular weight excluding hydrogens is 202 g/mol. The number of nitrogens with zero attached hydrogens (tertiary/aromatic N) is 2. The van der Waals surface area contributed by atoms with E-state index in [1.807, 2.05) is 19.1 Å². The van der Waals surface area contributed by atoms with Crippen molar-refractivity contribution in [2.45, 2.75) is 19.8 Å². The van der Waals surface area contributed by atoms with Gasteiger partial charge in [-0.05, 0) is 18.6 Å². The molecule has 2 rings (SSSR count). The molecule has 0 saturated heterocycles. The molecule has 0 saturated carbocycles. The molecule has 0 aliphatic heterocycles. The molecule has 2 heterocycles. The van der Waals surface area contributed by atoms with Crippen LogP contribution in [0.25, 0.3) is 11.3 Å². The third-order valence-corrected chi connectivity index (χ3v) is 2.40. The Morgan fingerprint density at radius 1 is 1.31 bits per heavy atom. The zero-order valence-corrected chi connectivity index (χ0v) is 9.10. The minimum atomic E-state index is -0.0522. The summed E-state index contributed by atoms with van der Waals surface area (Å²) in [7, 11) is 0. The van der Waals surface area contributed by atoms with Crippen molar-refractivity contribution < 1.29 is 0 Å². The summed E-state index contributed by atoms with van der Waals surface area (Å²) in [6.07, 6.45) is 6.51. The minimum Gasteiger partial charge on any atom is -0.313 e. The fraction of sp³-hybridized carbons (Fsp3) is 0.250. The Morgan fingerprint density at radius 2 is 2.06 bits per heavy atom. The highest BCUT2D eigenvalue weighted by Crippen LogP contribution is 2.18. The topological polar surface area (TPSA) is 58.6 Å². The summed E-state index contributed by atoms with van der Waals surface area (Å²) in [5.41, 5.74) is 2.39. The quantitative estimate of drug-likeness (QED) is 0.849. The smallest absolute Gasteiger partial charge is 0.254 e. The third kappa shape index (κ3) is 2.00. The van der Waals surface area contributed by atoms with Gasteiger partial charge in [0, 0.05) is 23.5 Å². The molecule has 0 aliphatic rings. The Balaban J connectivity index is 2.57. The van der Waals surface area contributed by atoms with Crippen LogP contribution in [0, 0.1) is 0 Å². The lowest BCUT2D eigenvalue weighted by molar-refractivity contribution is 0.888. The van der Waals surface area contributed by atoms with E-state index in [0.29, 0.717) is 0 Å². The highest BCUT2D eigenvalue weighted by atomic mass is 16.1. The van der Waals surface area contributed by atoms with E-state index < -0.39 is 0 Å². The van der Waals surface area contributed by atoms with Gasteiger partial charge in [-0.15, -0.1) is 0 Å². The maximum absolute atomic E-state index is 11.7. The molecular formula is C12H13N3O. The average molecular weight is 215 g/mol. The van der Waals surface area contributed by atoms with Crippen molar-refractivity contribution in [2.75, 3.05) is 0 Å². The van der Waals surface area contributed by atoms with Crippen LogP contribution < -0.4 is 5.56 Å². The molecule has 0 aliphatic carbocycles. The monoisotopic (exact) mass is 215 g/mol. The summed E-state index contributed by atoms with van der Waals surface area (Å²) in [4.78, 5) is 22.5. The van der Waals surface area contributed by atoms with Crippen molar-refractivity contribution in [3.05, 3.63) is 46.8 Å². The summed E-state index contributed by atoms with van der Waals surface area (Å²) in [5, 5.41) is 0. The Morgan fingerprint density at radius 3 is 2.75 bits per heavy atom. The van der Waals surface area contributed by atoms with E-state index in [1.165, 1.54) is 6.33 Å². The molecule has 0 aromatic carbocycles. The Labute approximate surface area is 93.4 Å². The maximum Gasteiger partial charge on any atom is 0.254 e. The predicted octanol–water partition coefficient (Wildman–Crippen LogP) is 1.78. The van der Waals surface area contributed by atoms with Crippen LogP contribution in [0.15, 0.2) is 35.6 Å². The normalized spacial score (nSPS) is 10.3. The van der Waals surface area contributed by atoms with Crippen molar-refractivity contribution in [1.29, 1.82) is 0 Å². The van der Waals surface area contributed by atoms with Gasteiger partial charge in [0.25, 0.3) is 5.56 Å². The highest BCUT2D eigenvalue weighted by Gasteiger charge is 2.09. The molecule has 2 aromatic heterocycles. The number of hydrogen-bond acceptors (Lipinski definition) is 3. The van der Waals surface area contributed by atoms with E-state index >= 15 is 0 Å². The van der Waals surface area contributed by atoms with Gasteiger partial charge in [-0.3, -0.25) is 9.78 Å². The first-order valence-electron chi connectivity index (χ1n) is 5.30. The second kappa shape index (κ2) is 4.70. The predicted molar refractivity (Wildman–Crippen MR) is 62.1 cm³/mol. The highest BCUT2D eigenvalue weighted by molar-refractivity contribution is 5.61. The number of H-pyrrole nitrogens is 1. The molecule has 0 atom stereocenters. The van der Waals surface area contributed by atoms with E-state index in [1.54, 1.807) is 12.4 Å². The fourth-order valence-corrected chi connectivity index (χ4v) is 1.67. The summed E-state index contributed by atoms with van der Waals surface area (Å²) in [6.45, 7) is 2.04. The molecule has 4 nitrogen and oxygen atoms in total. The van der Waals surface area contributed by atoms with Gasteiger partial charge in [0.15, 0.2) is 0 Å². The van der Waals surface area contributed by atoms with Crippen LogP contribution in [0.1, 0.15) is 18.9 Å². The number of pyridine rings is 1. The SMILES string of the molecule is CCCc1c(-c2ccncc2)nc[nH]c1=O. The van der Waals surface area contributed by atoms with Crippen LogP contribution in [-0.4, -0.2) is 15.0 Å². The van der Waals surface area contributed by atoms with Gasteiger partial charge in [-0.1, -0.05) is 13.3 Å². The van der Waals surface area contributed by atoms with Crippen molar-refractivity contribution >= 4 is 0 Å². The summed E-state index contributed by atoms with van der Waals surface area (Å²) in [5.74, 6) is 0. The number of rotatable bonds is 3. The first kappa shape index (κ1) is 10.5. The molecule has 0 spiro atoms. The Kier molecular flexibility index (Phi) is 3.10. The van der Waals surface area contributed by atoms with Crippen LogP contribution in [0.3, 0.4) is 0 Å². The zero-order valence-electron chi connectivity index (χ0n) is 9.10. The van der Waals surface area contributed by atoms with Gasteiger partial charge in [-0.2, -0.15) is 0 Å². The Hall–Kier alpha value is -1.97. The molecule has 4 heteroatoms. The van der Waals surface area contributed by atoms with Gasteiger partial charge < -0.3 is 4.98 Å². The van der Waals surface area contributed by atoms with Crippen LogP contribution in [0.4, 0.5) is 0 Å².